The zero-order chi connectivity index (χ0) is 32.4. The van der Waals surface area contributed by atoms with Crippen LogP contribution in [0.15, 0.2) is 64.8 Å². The minimum Gasteiger partial charge on any atom is -0.476 e. The molecule has 0 bridgehead atoms. The number of amides is 1. The van der Waals surface area contributed by atoms with E-state index in [1.54, 1.807) is 6.08 Å². The smallest absolute Gasteiger partial charge is 0.282 e. The molecule has 0 aromatic heterocycles. The standard InChI is InChI=1S/C36H40F2N6O2/c1-23(37)36(45)44-18-17-43(21-25(44)12-14-39)34-29(13-15-40)35(46-22-26-9-6-16-42(26)2)41-33-20-30(32(38)19-31(33)34)28-11-5-8-24-7-3-4-10-27(24)28/h5,8,11,19-20,25-26,31,33H,1,3-4,6-7,9-10,12-13,16-18,21-22H2,2H3/t25-,26-,31?,33?/m0/s1. The second-order valence-electron chi connectivity index (χ2n) is 12.8. The van der Waals surface area contributed by atoms with Crippen molar-refractivity contribution in [2.24, 2.45) is 10.9 Å². The van der Waals surface area contributed by atoms with Crippen LogP contribution in [0.3, 0.4) is 0 Å². The van der Waals surface area contributed by atoms with Crippen LogP contribution in [-0.4, -0.2) is 84.5 Å². The van der Waals surface area contributed by atoms with E-state index >= 15 is 4.39 Å². The van der Waals surface area contributed by atoms with Crippen molar-refractivity contribution in [2.45, 2.75) is 69.5 Å². The van der Waals surface area contributed by atoms with Crippen molar-refractivity contribution in [2.75, 3.05) is 39.8 Å². The monoisotopic (exact) mass is 626 g/mol. The fourth-order valence-corrected chi connectivity index (χ4v) is 7.75. The van der Waals surface area contributed by atoms with Gasteiger partial charge in [-0.1, -0.05) is 24.8 Å². The summed E-state index contributed by atoms with van der Waals surface area (Å²) in [4.78, 5) is 23.3. The Hall–Kier alpha value is -4.28. The van der Waals surface area contributed by atoms with Gasteiger partial charge >= 0.3 is 0 Å². The predicted molar refractivity (Wildman–Crippen MR) is 171 cm³/mol. The van der Waals surface area contributed by atoms with Crippen molar-refractivity contribution in [1.29, 1.82) is 10.5 Å². The summed E-state index contributed by atoms with van der Waals surface area (Å²) in [6.07, 6.45) is 9.67. The molecule has 8 nitrogen and oxygen atoms in total. The summed E-state index contributed by atoms with van der Waals surface area (Å²) in [6, 6.07) is 9.63. The summed E-state index contributed by atoms with van der Waals surface area (Å²) in [5, 5.41) is 19.6. The highest BCUT2D eigenvalue weighted by Gasteiger charge is 2.42. The molecule has 46 heavy (non-hydrogen) atoms. The van der Waals surface area contributed by atoms with Gasteiger partial charge in [-0.05, 0) is 81.0 Å². The van der Waals surface area contributed by atoms with E-state index in [2.05, 4.69) is 36.7 Å². The van der Waals surface area contributed by atoms with Crippen molar-refractivity contribution in [3.8, 4) is 12.1 Å². The second kappa shape index (κ2) is 13.6. The quantitative estimate of drug-likeness (QED) is 0.376. The summed E-state index contributed by atoms with van der Waals surface area (Å²) >= 11 is 0. The van der Waals surface area contributed by atoms with E-state index < -0.39 is 29.7 Å². The van der Waals surface area contributed by atoms with Crippen LogP contribution in [0.1, 0.15) is 55.2 Å². The molecule has 0 saturated carbocycles. The van der Waals surface area contributed by atoms with Gasteiger partial charge in [0.1, 0.15) is 12.4 Å². The number of benzene rings is 1. The number of carbonyl (C=O) groups is 1. The number of hydrogen-bond acceptors (Lipinski definition) is 7. The first-order chi connectivity index (χ1) is 22.3. The summed E-state index contributed by atoms with van der Waals surface area (Å²) in [6.45, 7) is 5.26. The fourth-order valence-electron chi connectivity index (χ4n) is 7.75. The van der Waals surface area contributed by atoms with Gasteiger partial charge in [-0.2, -0.15) is 10.5 Å². The number of carbonyl (C=O) groups excluding carboxylic acids is 1. The number of likely N-dealkylation sites (tertiary alicyclic amines) is 1. The maximum atomic E-state index is 16.3. The topological polar surface area (TPSA) is 96.0 Å². The molecule has 4 atom stereocenters. The van der Waals surface area contributed by atoms with Gasteiger partial charge in [0.15, 0.2) is 5.83 Å². The number of aliphatic imine (C=N–C) groups is 1. The number of likely N-dealkylation sites (N-methyl/N-ethyl adjacent to an activating group) is 1. The Morgan fingerprint density at radius 1 is 1.11 bits per heavy atom. The zero-order valence-electron chi connectivity index (χ0n) is 26.4. The van der Waals surface area contributed by atoms with Gasteiger partial charge in [-0.3, -0.25) is 4.79 Å². The third-order valence-corrected chi connectivity index (χ3v) is 10.1. The number of aryl methyl sites for hydroxylation is 1. The van der Waals surface area contributed by atoms with Crippen molar-refractivity contribution in [3.05, 3.63) is 76.5 Å². The number of halogens is 2. The average molecular weight is 627 g/mol. The molecule has 6 rings (SSSR count). The number of allylic oxidation sites excluding steroid dienone is 2. The van der Waals surface area contributed by atoms with Gasteiger partial charge in [0.25, 0.3) is 5.91 Å². The number of ether oxygens (including phenoxy) is 1. The van der Waals surface area contributed by atoms with E-state index in [1.165, 1.54) is 16.0 Å². The highest BCUT2D eigenvalue weighted by Crippen LogP contribution is 2.43. The van der Waals surface area contributed by atoms with Crippen LogP contribution in [0.25, 0.3) is 5.57 Å². The molecule has 2 fully saturated rings. The van der Waals surface area contributed by atoms with E-state index in [9.17, 15) is 19.7 Å². The molecule has 1 aromatic carbocycles. The van der Waals surface area contributed by atoms with Gasteiger partial charge in [-0.15, -0.1) is 0 Å². The summed E-state index contributed by atoms with van der Waals surface area (Å²) in [7, 11) is 2.07. The molecule has 0 radical (unpaired) electrons. The van der Waals surface area contributed by atoms with E-state index in [0.29, 0.717) is 35.9 Å². The first-order valence-electron chi connectivity index (χ1n) is 16.3. The highest BCUT2D eigenvalue weighted by atomic mass is 19.1. The first kappa shape index (κ1) is 31.7. The Labute approximate surface area is 269 Å². The molecule has 0 spiro atoms. The summed E-state index contributed by atoms with van der Waals surface area (Å²) < 4.78 is 36.7. The van der Waals surface area contributed by atoms with Crippen molar-refractivity contribution < 1.29 is 18.3 Å². The molecule has 3 aliphatic heterocycles. The molecular formula is C36H40F2N6O2. The van der Waals surface area contributed by atoms with Crippen LogP contribution in [-0.2, 0) is 22.4 Å². The van der Waals surface area contributed by atoms with E-state index in [-0.39, 0.29) is 37.8 Å². The predicted octanol–water partition coefficient (Wildman–Crippen LogP) is 5.40. The molecule has 1 aromatic rings. The number of fused-ring (bicyclic) bond motifs is 2. The number of nitriles is 2. The van der Waals surface area contributed by atoms with E-state index in [0.717, 1.165) is 50.6 Å². The number of hydrogen-bond donors (Lipinski definition) is 0. The largest absolute Gasteiger partial charge is 0.476 e. The van der Waals surface area contributed by atoms with Gasteiger partial charge in [0.05, 0.1) is 37.1 Å². The molecule has 2 unspecified atom stereocenters. The summed E-state index contributed by atoms with van der Waals surface area (Å²) in [5.74, 6) is -2.38. The van der Waals surface area contributed by atoms with Crippen LogP contribution < -0.4 is 0 Å². The third-order valence-electron chi connectivity index (χ3n) is 10.1. The zero-order valence-corrected chi connectivity index (χ0v) is 26.4. The van der Waals surface area contributed by atoms with Crippen molar-refractivity contribution in [1.82, 2.24) is 14.7 Å². The molecule has 5 aliphatic rings. The van der Waals surface area contributed by atoms with Gasteiger partial charge < -0.3 is 19.4 Å². The molecule has 3 heterocycles. The van der Waals surface area contributed by atoms with Crippen LogP contribution in [0, 0.1) is 28.6 Å². The Morgan fingerprint density at radius 3 is 2.67 bits per heavy atom. The highest BCUT2D eigenvalue weighted by molar-refractivity contribution is 5.97. The molecule has 0 N–H and O–H groups in total. The Bertz CT molecular complexity index is 1610. The van der Waals surface area contributed by atoms with Crippen molar-refractivity contribution >= 4 is 17.4 Å². The lowest BCUT2D eigenvalue weighted by Gasteiger charge is -2.46. The maximum absolute atomic E-state index is 16.3. The third kappa shape index (κ3) is 6.11. The lowest BCUT2D eigenvalue weighted by atomic mass is 9.79. The normalized spacial score (nSPS) is 26.2. The molecule has 2 saturated heterocycles. The number of dihydropyridines is 1. The maximum Gasteiger partial charge on any atom is 0.282 e. The van der Waals surface area contributed by atoms with E-state index in [4.69, 9.17) is 9.73 Å². The van der Waals surface area contributed by atoms with Gasteiger partial charge in [0.2, 0.25) is 5.90 Å². The molecule has 10 heteroatoms. The molecule has 2 aliphatic carbocycles. The first-order valence-corrected chi connectivity index (χ1v) is 16.3. The Morgan fingerprint density at radius 2 is 1.93 bits per heavy atom. The lowest BCUT2D eigenvalue weighted by Crippen LogP contribution is -2.56. The second-order valence-corrected chi connectivity index (χ2v) is 12.8. The van der Waals surface area contributed by atoms with E-state index in [1.807, 2.05) is 23.1 Å². The summed E-state index contributed by atoms with van der Waals surface area (Å²) in [5.41, 5.74) is 5.19. The Balaban J connectivity index is 1.41. The molecule has 1 amide bonds. The Kier molecular flexibility index (Phi) is 9.37. The molecule has 240 valence electrons. The lowest BCUT2D eigenvalue weighted by molar-refractivity contribution is -0.133. The number of nitrogens with zero attached hydrogens (tertiary/aromatic N) is 6. The average Bonchev–Trinajstić information content (AvgIpc) is 3.47. The molecular weight excluding hydrogens is 586 g/mol. The van der Waals surface area contributed by atoms with Crippen LogP contribution in [0.2, 0.25) is 0 Å². The SMILES string of the molecule is C=C(F)C(=O)N1CCN(C2=C(CC#N)C(OC[C@@H]3CCCN3C)=NC3C=C(c4cccc5c4CCCC5)C(F)=CC23)C[C@@H]1CC#N. The van der Waals surface area contributed by atoms with Gasteiger partial charge in [-0.25, -0.2) is 13.8 Å². The number of rotatable bonds is 7. The van der Waals surface area contributed by atoms with Crippen LogP contribution >= 0.6 is 0 Å². The van der Waals surface area contributed by atoms with Gasteiger partial charge in [0, 0.05) is 48.4 Å². The minimum atomic E-state index is -1.07. The fraction of sp³-hybridized carbons (Fsp3) is 0.500. The van der Waals surface area contributed by atoms with Crippen molar-refractivity contribution in [3.63, 3.8) is 0 Å². The van der Waals surface area contributed by atoms with Crippen LogP contribution in [0.4, 0.5) is 8.78 Å². The van der Waals surface area contributed by atoms with Crippen LogP contribution in [0.5, 0.6) is 0 Å². The minimum absolute atomic E-state index is 0.000532. The number of piperazine rings is 1.